The summed E-state index contributed by atoms with van der Waals surface area (Å²) in [5.74, 6) is -0.386. The predicted octanol–water partition coefficient (Wildman–Crippen LogP) is 4.07. The van der Waals surface area contributed by atoms with Crippen LogP contribution in [0, 0.1) is 0 Å². The highest BCUT2D eigenvalue weighted by atomic mass is 79.9. The zero-order valence-corrected chi connectivity index (χ0v) is 17.9. The SMILES string of the molecule is Br.CCOC(C(=O)OCCN(C)C)(c1ccccc1)c1ccccc1.Cl. The van der Waals surface area contributed by atoms with E-state index in [2.05, 4.69) is 0 Å². The van der Waals surface area contributed by atoms with Gasteiger partial charge in [0.1, 0.15) is 6.61 Å². The summed E-state index contributed by atoms with van der Waals surface area (Å²) in [6.07, 6.45) is 0. The van der Waals surface area contributed by atoms with Crippen molar-refractivity contribution in [3.8, 4) is 0 Å². The minimum Gasteiger partial charge on any atom is -0.462 e. The van der Waals surface area contributed by atoms with E-state index in [0.717, 1.165) is 11.1 Å². The molecular formula is C20H27BrClNO3. The molecule has 0 heterocycles. The maximum atomic E-state index is 13.1. The fourth-order valence-corrected chi connectivity index (χ4v) is 2.61. The molecule has 0 fully saturated rings. The van der Waals surface area contributed by atoms with Gasteiger partial charge in [0.25, 0.3) is 0 Å². The molecular weight excluding hydrogens is 418 g/mol. The quantitative estimate of drug-likeness (QED) is 0.575. The molecule has 144 valence electrons. The summed E-state index contributed by atoms with van der Waals surface area (Å²) in [5, 5.41) is 0. The topological polar surface area (TPSA) is 38.8 Å². The number of benzene rings is 2. The molecule has 0 spiro atoms. The molecule has 0 radical (unpaired) electrons. The van der Waals surface area contributed by atoms with E-state index in [1.165, 1.54) is 0 Å². The number of carbonyl (C=O) groups excluding carboxylic acids is 1. The lowest BCUT2D eigenvalue weighted by Gasteiger charge is -2.32. The van der Waals surface area contributed by atoms with Crippen LogP contribution in [0.15, 0.2) is 60.7 Å². The van der Waals surface area contributed by atoms with Gasteiger partial charge in [-0.15, -0.1) is 29.4 Å². The molecule has 0 aliphatic rings. The van der Waals surface area contributed by atoms with Crippen molar-refractivity contribution >= 4 is 35.4 Å². The lowest BCUT2D eigenvalue weighted by molar-refractivity contribution is -0.168. The second-order valence-corrected chi connectivity index (χ2v) is 5.79. The third kappa shape index (κ3) is 5.81. The van der Waals surface area contributed by atoms with Gasteiger partial charge in [-0.2, -0.15) is 0 Å². The Morgan fingerprint density at radius 1 is 0.962 bits per heavy atom. The highest BCUT2D eigenvalue weighted by Crippen LogP contribution is 2.35. The molecule has 0 aliphatic heterocycles. The summed E-state index contributed by atoms with van der Waals surface area (Å²) in [4.78, 5) is 15.0. The number of nitrogens with zero attached hydrogens (tertiary/aromatic N) is 1. The lowest BCUT2D eigenvalue weighted by Crippen LogP contribution is -2.42. The van der Waals surface area contributed by atoms with Crippen molar-refractivity contribution in [1.29, 1.82) is 0 Å². The molecule has 2 aromatic carbocycles. The Morgan fingerprint density at radius 2 is 1.42 bits per heavy atom. The first kappa shape index (κ1) is 24.6. The number of halogens is 2. The van der Waals surface area contributed by atoms with Crippen LogP contribution in [0.5, 0.6) is 0 Å². The lowest BCUT2D eigenvalue weighted by atomic mass is 9.86. The minimum absolute atomic E-state index is 0. The predicted molar refractivity (Wildman–Crippen MR) is 112 cm³/mol. The van der Waals surface area contributed by atoms with Crippen molar-refractivity contribution in [2.45, 2.75) is 12.5 Å². The molecule has 2 rings (SSSR count). The van der Waals surface area contributed by atoms with Crippen LogP contribution in [0.2, 0.25) is 0 Å². The van der Waals surface area contributed by atoms with E-state index in [1.54, 1.807) is 0 Å². The van der Waals surface area contributed by atoms with Crippen molar-refractivity contribution in [3.05, 3.63) is 71.8 Å². The van der Waals surface area contributed by atoms with E-state index in [4.69, 9.17) is 9.47 Å². The normalized spacial score (nSPS) is 10.6. The van der Waals surface area contributed by atoms with Crippen LogP contribution >= 0.6 is 29.4 Å². The van der Waals surface area contributed by atoms with Crippen LogP contribution < -0.4 is 0 Å². The molecule has 0 amide bonds. The first-order valence-electron chi connectivity index (χ1n) is 8.18. The van der Waals surface area contributed by atoms with Crippen LogP contribution in [-0.4, -0.2) is 44.7 Å². The molecule has 0 atom stereocenters. The van der Waals surface area contributed by atoms with Crippen molar-refractivity contribution < 1.29 is 14.3 Å². The Labute approximate surface area is 172 Å². The van der Waals surface area contributed by atoms with Gasteiger partial charge in [-0.05, 0) is 32.1 Å². The average Bonchev–Trinajstić information content (AvgIpc) is 2.60. The van der Waals surface area contributed by atoms with Gasteiger partial charge in [0, 0.05) is 13.2 Å². The molecule has 2 aromatic rings. The molecule has 0 unspecified atom stereocenters. The zero-order valence-electron chi connectivity index (χ0n) is 15.4. The number of esters is 1. The van der Waals surface area contributed by atoms with Gasteiger partial charge in [-0.1, -0.05) is 60.7 Å². The van der Waals surface area contributed by atoms with Gasteiger partial charge in [0.2, 0.25) is 5.60 Å². The van der Waals surface area contributed by atoms with Gasteiger partial charge >= 0.3 is 5.97 Å². The molecule has 0 saturated carbocycles. The Balaban J connectivity index is 0.00000312. The van der Waals surface area contributed by atoms with E-state index >= 15 is 0 Å². The summed E-state index contributed by atoms with van der Waals surface area (Å²) in [6.45, 7) is 3.26. The van der Waals surface area contributed by atoms with E-state index in [1.807, 2.05) is 86.6 Å². The van der Waals surface area contributed by atoms with Gasteiger partial charge in [-0.3, -0.25) is 0 Å². The maximum absolute atomic E-state index is 13.1. The summed E-state index contributed by atoms with van der Waals surface area (Å²) in [5.41, 5.74) is 0.296. The fraction of sp³-hybridized carbons (Fsp3) is 0.350. The van der Waals surface area contributed by atoms with E-state index in [0.29, 0.717) is 19.8 Å². The van der Waals surface area contributed by atoms with Crippen LogP contribution in [0.25, 0.3) is 0 Å². The standard InChI is InChI=1S/C20H25NO3.BrH.ClH/c1-4-24-20(17-11-7-5-8-12-17,18-13-9-6-10-14-18)19(22)23-16-15-21(2)3;;/h5-14H,4,15-16H2,1-3H3;2*1H. The van der Waals surface area contributed by atoms with Crippen molar-refractivity contribution in [2.75, 3.05) is 33.9 Å². The van der Waals surface area contributed by atoms with E-state index in [-0.39, 0.29) is 35.4 Å². The van der Waals surface area contributed by atoms with E-state index < -0.39 is 5.60 Å². The van der Waals surface area contributed by atoms with Crippen molar-refractivity contribution in [2.24, 2.45) is 0 Å². The number of hydrogen-bond acceptors (Lipinski definition) is 4. The number of rotatable bonds is 8. The Kier molecular flexibility index (Phi) is 11.4. The highest BCUT2D eigenvalue weighted by Gasteiger charge is 2.44. The molecule has 0 aromatic heterocycles. The average molecular weight is 445 g/mol. The van der Waals surface area contributed by atoms with Gasteiger partial charge in [0.15, 0.2) is 0 Å². The van der Waals surface area contributed by atoms with Crippen LogP contribution in [0.3, 0.4) is 0 Å². The van der Waals surface area contributed by atoms with Crippen LogP contribution in [0.4, 0.5) is 0 Å². The smallest absolute Gasteiger partial charge is 0.347 e. The second kappa shape index (κ2) is 12.1. The van der Waals surface area contributed by atoms with Gasteiger partial charge in [0.05, 0.1) is 0 Å². The third-order valence-electron chi connectivity index (χ3n) is 3.78. The molecule has 0 bridgehead atoms. The van der Waals surface area contributed by atoms with Crippen LogP contribution in [-0.2, 0) is 19.9 Å². The molecule has 6 heteroatoms. The maximum Gasteiger partial charge on any atom is 0.347 e. The minimum atomic E-state index is -1.25. The second-order valence-electron chi connectivity index (χ2n) is 5.79. The summed E-state index contributed by atoms with van der Waals surface area (Å²) >= 11 is 0. The monoisotopic (exact) mass is 443 g/mol. The molecule has 4 nitrogen and oxygen atoms in total. The largest absolute Gasteiger partial charge is 0.462 e. The van der Waals surface area contributed by atoms with Crippen LogP contribution in [0.1, 0.15) is 18.1 Å². The summed E-state index contributed by atoms with van der Waals surface area (Å²) < 4.78 is 11.6. The van der Waals surface area contributed by atoms with Gasteiger partial charge in [-0.25, -0.2) is 4.79 Å². The number of hydrogen-bond donors (Lipinski definition) is 0. The number of ether oxygens (including phenoxy) is 2. The molecule has 0 N–H and O–H groups in total. The van der Waals surface area contributed by atoms with E-state index in [9.17, 15) is 4.79 Å². The Hall–Kier alpha value is -1.40. The molecule has 26 heavy (non-hydrogen) atoms. The first-order valence-corrected chi connectivity index (χ1v) is 8.18. The fourth-order valence-electron chi connectivity index (χ4n) is 2.61. The number of carbonyl (C=O) groups is 1. The van der Waals surface area contributed by atoms with Crippen molar-refractivity contribution in [1.82, 2.24) is 4.90 Å². The molecule has 0 saturated heterocycles. The molecule has 0 aliphatic carbocycles. The number of likely N-dealkylation sites (N-methyl/N-ethyl adjacent to an activating group) is 1. The zero-order chi connectivity index (χ0) is 17.4. The first-order chi connectivity index (χ1) is 11.6. The van der Waals surface area contributed by atoms with Crippen molar-refractivity contribution in [3.63, 3.8) is 0 Å². The highest BCUT2D eigenvalue weighted by molar-refractivity contribution is 8.93. The Bertz CT molecular complexity index is 599. The third-order valence-corrected chi connectivity index (χ3v) is 3.78. The summed E-state index contributed by atoms with van der Waals surface area (Å²) in [6, 6.07) is 19.0. The van der Waals surface area contributed by atoms with Gasteiger partial charge < -0.3 is 14.4 Å². The Morgan fingerprint density at radius 3 is 1.81 bits per heavy atom. The summed E-state index contributed by atoms with van der Waals surface area (Å²) in [7, 11) is 3.88.